The van der Waals surface area contributed by atoms with E-state index < -0.39 is 10.0 Å². The van der Waals surface area contributed by atoms with Crippen LogP contribution in [-0.2, 0) is 10.0 Å². The van der Waals surface area contributed by atoms with Crippen molar-refractivity contribution in [3.05, 3.63) is 42.5 Å². The molecule has 0 spiro atoms. The molecule has 0 aliphatic heterocycles. The molecule has 0 saturated carbocycles. The van der Waals surface area contributed by atoms with Crippen molar-refractivity contribution < 1.29 is 13.2 Å². The Kier molecular flexibility index (Phi) is 7.11. The molecule has 0 aliphatic carbocycles. The third-order valence-corrected chi connectivity index (χ3v) is 4.38. The van der Waals surface area contributed by atoms with Crippen molar-refractivity contribution in [2.75, 3.05) is 13.1 Å². The van der Waals surface area contributed by atoms with E-state index in [0.29, 0.717) is 18.7 Å². The minimum absolute atomic E-state index is 0.166. The molecule has 0 unspecified atom stereocenters. The van der Waals surface area contributed by atoms with Crippen LogP contribution in [0.1, 0.15) is 36.5 Å². The molecule has 1 rings (SSSR count). The van der Waals surface area contributed by atoms with Crippen molar-refractivity contribution in [3.63, 3.8) is 0 Å². The number of unbranched alkanes of at least 4 members (excludes halogenated alkanes) is 2. The Balaban J connectivity index is 2.68. The molecule has 2 N–H and O–H groups in total. The number of sulfonamides is 1. The van der Waals surface area contributed by atoms with Crippen LogP contribution in [0.25, 0.3) is 0 Å². The van der Waals surface area contributed by atoms with E-state index >= 15 is 0 Å². The summed E-state index contributed by atoms with van der Waals surface area (Å²) >= 11 is 0. The summed E-state index contributed by atoms with van der Waals surface area (Å²) in [6.45, 7) is 6.37. The van der Waals surface area contributed by atoms with Gasteiger partial charge in [0.1, 0.15) is 0 Å². The van der Waals surface area contributed by atoms with Crippen molar-refractivity contribution in [2.45, 2.75) is 31.1 Å². The van der Waals surface area contributed by atoms with Gasteiger partial charge >= 0.3 is 0 Å². The predicted octanol–water partition coefficient (Wildman–Crippen LogP) is 2.07. The fourth-order valence-corrected chi connectivity index (χ4v) is 2.79. The minimum atomic E-state index is -3.50. The lowest BCUT2D eigenvalue weighted by atomic mass is 10.2. The highest BCUT2D eigenvalue weighted by atomic mass is 32.2. The first-order chi connectivity index (χ1) is 10.0. The van der Waals surface area contributed by atoms with Crippen LogP contribution in [0.5, 0.6) is 0 Å². The quantitative estimate of drug-likeness (QED) is 0.541. The first-order valence-electron chi connectivity index (χ1n) is 7.00. The molecule has 1 aromatic rings. The fraction of sp³-hybridized carbons (Fsp3) is 0.400. The van der Waals surface area contributed by atoms with E-state index in [0.717, 1.165) is 19.3 Å². The molecule has 1 aromatic carbocycles. The number of carbonyl (C=O) groups excluding carboxylic acids is 1. The normalized spacial score (nSPS) is 11.1. The van der Waals surface area contributed by atoms with Gasteiger partial charge in [0.25, 0.3) is 5.91 Å². The molecule has 0 heterocycles. The third-order valence-electron chi connectivity index (χ3n) is 2.91. The summed E-state index contributed by atoms with van der Waals surface area (Å²) in [5.41, 5.74) is 0.418. The molecular formula is C15H22N2O3S. The van der Waals surface area contributed by atoms with E-state index in [1.165, 1.54) is 24.3 Å². The topological polar surface area (TPSA) is 75.3 Å². The Bertz CT molecular complexity index is 565. The van der Waals surface area contributed by atoms with Gasteiger partial charge in [-0.25, -0.2) is 13.1 Å². The molecule has 0 aromatic heterocycles. The molecule has 0 radical (unpaired) electrons. The van der Waals surface area contributed by atoms with Gasteiger partial charge in [-0.2, -0.15) is 0 Å². The van der Waals surface area contributed by atoms with E-state index in [2.05, 4.69) is 23.5 Å². The van der Waals surface area contributed by atoms with E-state index in [1.54, 1.807) is 6.08 Å². The van der Waals surface area contributed by atoms with Gasteiger partial charge in [-0.3, -0.25) is 4.79 Å². The van der Waals surface area contributed by atoms with E-state index in [-0.39, 0.29) is 10.8 Å². The highest BCUT2D eigenvalue weighted by molar-refractivity contribution is 7.89. The van der Waals surface area contributed by atoms with Gasteiger partial charge < -0.3 is 5.32 Å². The van der Waals surface area contributed by atoms with Crippen molar-refractivity contribution in [1.82, 2.24) is 10.0 Å². The second-order valence-corrected chi connectivity index (χ2v) is 6.39. The molecule has 0 bridgehead atoms. The average Bonchev–Trinajstić information content (AvgIpc) is 2.49. The Hall–Kier alpha value is -1.66. The highest BCUT2D eigenvalue weighted by Crippen LogP contribution is 2.10. The zero-order valence-electron chi connectivity index (χ0n) is 12.3. The number of carbonyl (C=O) groups is 1. The molecule has 21 heavy (non-hydrogen) atoms. The molecule has 6 heteroatoms. The molecule has 0 saturated heterocycles. The predicted molar refractivity (Wildman–Crippen MR) is 83.7 cm³/mol. The van der Waals surface area contributed by atoms with Crippen molar-refractivity contribution in [1.29, 1.82) is 0 Å². The maximum atomic E-state index is 12.0. The Morgan fingerprint density at radius 3 is 2.48 bits per heavy atom. The lowest BCUT2D eigenvalue weighted by Crippen LogP contribution is -2.25. The Labute approximate surface area is 126 Å². The summed E-state index contributed by atoms with van der Waals surface area (Å²) < 4.78 is 26.6. The second-order valence-electron chi connectivity index (χ2n) is 4.63. The Morgan fingerprint density at radius 2 is 1.90 bits per heavy atom. The van der Waals surface area contributed by atoms with Gasteiger partial charge in [0.15, 0.2) is 0 Å². The lowest BCUT2D eigenvalue weighted by Gasteiger charge is -2.07. The SMILES string of the molecule is C=CCNC(=O)c1ccc(S(=O)(=O)NCCCCC)cc1. The molecular weight excluding hydrogens is 288 g/mol. The maximum Gasteiger partial charge on any atom is 0.251 e. The van der Waals surface area contributed by atoms with Crippen LogP contribution in [0, 0.1) is 0 Å². The summed E-state index contributed by atoms with van der Waals surface area (Å²) in [5.74, 6) is -0.255. The summed E-state index contributed by atoms with van der Waals surface area (Å²) in [4.78, 5) is 11.9. The number of amides is 1. The van der Waals surface area contributed by atoms with Crippen molar-refractivity contribution >= 4 is 15.9 Å². The Morgan fingerprint density at radius 1 is 1.24 bits per heavy atom. The van der Waals surface area contributed by atoms with Crippen LogP contribution in [0.15, 0.2) is 41.8 Å². The van der Waals surface area contributed by atoms with E-state index in [4.69, 9.17) is 0 Å². The zero-order chi connectivity index (χ0) is 15.7. The van der Waals surface area contributed by atoms with Crippen molar-refractivity contribution in [2.24, 2.45) is 0 Å². The van der Waals surface area contributed by atoms with Gasteiger partial charge in [-0.05, 0) is 30.7 Å². The van der Waals surface area contributed by atoms with Gasteiger partial charge in [0.05, 0.1) is 4.90 Å². The monoisotopic (exact) mass is 310 g/mol. The molecule has 0 atom stereocenters. The number of hydrogen-bond acceptors (Lipinski definition) is 3. The average molecular weight is 310 g/mol. The van der Waals surface area contributed by atoms with Crippen LogP contribution >= 0.6 is 0 Å². The number of rotatable bonds is 9. The zero-order valence-corrected chi connectivity index (χ0v) is 13.1. The summed E-state index contributed by atoms with van der Waals surface area (Å²) in [7, 11) is -3.50. The van der Waals surface area contributed by atoms with Crippen LogP contribution in [-0.4, -0.2) is 27.4 Å². The second kappa shape index (κ2) is 8.59. The van der Waals surface area contributed by atoms with E-state index in [1.807, 2.05) is 0 Å². The van der Waals surface area contributed by atoms with Crippen LogP contribution < -0.4 is 10.0 Å². The fourth-order valence-electron chi connectivity index (χ4n) is 1.72. The van der Waals surface area contributed by atoms with Crippen LogP contribution in [0.4, 0.5) is 0 Å². The minimum Gasteiger partial charge on any atom is -0.349 e. The molecule has 0 fully saturated rings. The first kappa shape index (κ1) is 17.4. The van der Waals surface area contributed by atoms with Gasteiger partial charge in [-0.15, -0.1) is 6.58 Å². The summed E-state index contributed by atoms with van der Waals surface area (Å²) in [6.07, 6.45) is 4.43. The third kappa shape index (κ3) is 5.69. The van der Waals surface area contributed by atoms with E-state index in [9.17, 15) is 13.2 Å². The molecule has 1 amide bonds. The van der Waals surface area contributed by atoms with Gasteiger partial charge in [-0.1, -0.05) is 25.8 Å². The molecule has 116 valence electrons. The first-order valence-corrected chi connectivity index (χ1v) is 8.48. The molecule has 0 aliphatic rings. The van der Waals surface area contributed by atoms with Gasteiger partial charge in [0, 0.05) is 18.7 Å². The number of nitrogens with one attached hydrogen (secondary N) is 2. The summed E-state index contributed by atoms with van der Waals surface area (Å²) in [5, 5.41) is 2.63. The van der Waals surface area contributed by atoms with Gasteiger partial charge in [0.2, 0.25) is 10.0 Å². The largest absolute Gasteiger partial charge is 0.349 e. The summed E-state index contributed by atoms with van der Waals surface area (Å²) in [6, 6.07) is 5.87. The van der Waals surface area contributed by atoms with Crippen LogP contribution in [0.3, 0.4) is 0 Å². The van der Waals surface area contributed by atoms with Crippen LogP contribution in [0.2, 0.25) is 0 Å². The smallest absolute Gasteiger partial charge is 0.251 e. The van der Waals surface area contributed by atoms with Crippen molar-refractivity contribution in [3.8, 4) is 0 Å². The maximum absolute atomic E-state index is 12.0. The number of hydrogen-bond donors (Lipinski definition) is 2. The standard InChI is InChI=1S/C15H22N2O3S/c1-3-5-6-12-17-21(19,20)14-9-7-13(8-10-14)15(18)16-11-4-2/h4,7-10,17H,2-3,5-6,11-12H2,1H3,(H,16,18). The number of benzene rings is 1. The molecule has 5 nitrogen and oxygen atoms in total. The highest BCUT2D eigenvalue weighted by Gasteiger charge is 2.14. The lowest BCUT2D eigenvalue weighted by molar-refractivity contribution is 0.0958.